The van der Waals surface area contributed by atoms with Crippen molar-refractivity contribution in [1.82, 2.24) is 9.47 Å². The van der Waals surface area contributed by atoms with Crippen LogP contribution < -0.4 is 5.32 Å². The van der Waals surface area contributed by atoms with Crippen molar-refractivity contribution in [2.75, 3.05) is 25.0 Å². The highest BCUT2D eigenvalue weighted by atomic mass is 32.1. The number of fused-ring (bicyclic) bond motifs is 4. The molecule has 1 amide bonds. The highest BCUT2D eigenvalue weighted by Crippen LogP contribution is 2.50. The normalized spacial score (nSPS) is 23.6. The van der Waals surface area contributed by atoms with Gasteiger partial charge in [-0.2, -0.15) is 0 Å². The van der Waals surface area contributed by atoms with Crippen LogP contribution in [0.1, 0.15) is 45.1 Å². The van der Waals surface area contributed by atoms with Crippen molar-refractivity contribution < 1.29 is 9.53 Å². The fourth-order valence-corrected chi connectivity index (χ4v) is 6.54. The highest BCUT2D eigenvalue weighted by molar-refractivity contribution is 7.14. The van der Waals surface area contributed by atoms with Crippen LogP contribution in [-0.2, 0) is 10.3 Å². The van der Waals surface area contributed by atoms with Gasteiger partial charge in [0.25, 0.3) is 5.91 Å². The Kier molecular flexibility index (Phi) is 4.14. The lowest BCUT2D eigenvalue weighted by atomic mass is 9.79. The van der Waals surface area contributed by atoms with Gasteiger partial charge in [-0.05, 0) is 62.6 Å². The van der Waals surface area contributed by atoms with Gasteiger partial charge in [0.2, 0.25) is 0 Å². The van der Waals surface area contributed by atoms with E-state index in [-0.39, 0.29) is 17.0 Å². The predicted octanol–water partition coefficient (Wildman–Crippen LogP) is 4.87. The number of nitrogens with zero attached hydrogens (tertiary/aromatic N) is 2. The van der Waals surface area contributed by atoms with Crippen LogP contribution in [0.3, 0.4) is 0 Å². The summed E-state index contributed by atoms with van der Waals surface area (Å²) < 4.78 is 8.86. The summed E-state index contributed by atoms with van der Waals surface area (Å²) in [5.41, 5.74) is 4.43. The zero-order chi connectivity index (χ0) is 21.2. The predicted molar refractivity (Wildman–Crippen MR) is 123 cm³/mol. The minimum absolute atomic E-state index is 0.169. The average Bonchev–Trinajstić information content (AvgIpc) is 3.48. The molecule has 6 heteroatoms. The fourth-order valence-electron chi connectivity index (χ4n) is 5.54. The van der Waals surface area contributed by atoms with Crippen LogP contribution >= 0.6 is 11.3 Å². The Balaban J connectivity index is 1.22. The Hall–Kier alpha value is -2.57. The molecule has 2 spiro atoms. The summed E-state index contributed by atoms with van der Waals surface area (Å²) in [4.78, 5) is 17.1. The number of hydrogen-bond donors (Lipinski definition) is 1. The number of benzene rings is 1. The third-order valence-corrected chi connectivity index (χ3v) is 8.50. The minimum Gasteiger partial charge on any atom is -0.372 e. The first-order valence-electron chi connectivity index (χ1n) is 11.0. The molecular weight excluding hydrogens is 406 g/mol. The number of para-hydroxylation sites is 2. The van der Waals surface area contributed by atoms with Crippen LogP contribution in [0.15, 0.2) is 48.7 Å². The molecular formula is C25H27N3O2S. The lowest BCUT2D eigenvalue weighted by Gasteiger charge is -2.41. The zero-order valence-corrected chi connectivity index (χ0v) is 18.8. The zero-order valence-electron chi connectivity index (χ0n) is 18.0. The van der Waals surface area contributed by atoms with E-state index in [1.807, 2.05) is 11.0 Å². The maximum atomic E-state index is 13.0. The Morgan fingerprint density at radius 3 is 2.71 bits per heavy atom. The number of ether oxygens (including phenoxy) is 1. The summed E-state index contributed by atoms with van der Waals surface area (Å²) >= 11 is 1.61. The van der Waals surface area contributed by atoms with Crippen LogP contribution in [0.5, 0.6) is 0 Å². The fraction of sp³-hybridized carbons (Fsp3) is 0.400. The Labute approximate surface area is 186 Å². The van der Waals surface area contributed by atoms with Gasteiger partial charge in [0.1, 0.15) is 5.54 Å². The molecule has 3 aliphatic rings. The van der Waals surface area contributed by atoms with Gasteiger partial charge >= 0.3 is 0 Å². The lowest BCUT2D eigenvalue weighted by Crippen LogP contribution is -2.48. The first kappa shape index (κ1) is 19.1. The topological polar surface area (TPSA) is 46.5 Å². The molecule has 0 aliphatic carbocycles. The standard InChI is InChI=1S/C25H27N3O2S/c1-17-14-21(31-18(17)2)23(29)27-12-9-24(10-13-27)15-25(16-30-24)22-8-5-11-28(22)20-7-4-3-6-19(20)26-25/h3-8,11,14,26H,9-10,12-13,15-16H2,1-2H3/t25-/m1/s1. The van der Waals surface area contributed by atoms with E-state index in [1.54, 1.807) is 11.3 Å². The monoisotopic (exact) mass is 433 g/mol. The number of amides is 1. The van der Waals surface area contributed by atoms with Gasteiger partial charge in [-0.3, -0.25) is 4.79 Å². The second-order valence-electron chi connectivity index (χ2n) is 9.28. The third-order valence-electron chi connectivity index (χ3n) is 7.36. The van der Waals surface area contributed by atoms with E-state index in [9.17, 15) is 4.79 Å². The molecule has 0 bridgehead atoms. The molecule has 0 unspecified atom stereocenters. The molecule has 2 saturated heterocycles. The van der Waals surface area contributed by atoms with Crippen LogP contribution in [0, 0.1) is 13.8 Å². The van der Waals surface area contributed by atoms with Gasteiger partial charge in [-0.25, -0.2) is 0 Å². The number of carbonyl (C=O) groups excluding carboxylic acids is 1. The average molecular weight is 434 g/mol. The molecule has 1 atom stereocenters. The summed E-state index contributed by atoms with van der Waals surface area (Å²) in [5, 5.41) is 3.83. The van der Waals surface area contributed by atoms with Gasteiger partial charge in [-0.15, -0.1) is 11.3 Å². The number of hydrogen-bond acceptors (Lipinski definition) is 4. The Morgan fingerprint density at radius 1 is 1.13 bits per heavy atom. The number of rotatable bonds is 1. The molecule has 5 nitrogen and oxygen atoms in total. The van der Waals surface area contributed by atoms with Gasteiger partial charge in [0.15, 0.2) is 0 Å². The van der Waals surface area contributed by atoms with E-state index in [4.69, 9.17) is 4.74 Å². The highest BCUT2D eigenvalue weighted by Gasteiger charge is 2.54. The van der Waals surface area contributed by atoms with Crippen molar-refractivity contribution >= 4 is 22.9 Å². The van der Waals surface area contributed by atoms with E-state index in [1.165, 1.54) is 21.8 Å². The molecule has 2 fully saturated rings. The van der Waals surface area contributed by atoms with Gasteiger partial charge in [0, 0.05) is 30.6 Å². The molecule has 0 radical (unpaired) electrons. The van der Waals surface area contributed by atoms with Gasteiger partial charge in [-0.1, -0.05) is 12.1 Å². The van der Waals surface area contributed by atoms with Crippen molar-refractivity contribution in [2.45, 2.75) is 44.2 Å². The van der Waals surface area contributed by atoms with Crippen LogP contribution in [0.4, 0.5) is 5.69 Å². The number of aromatic nitrogens is 1. The summed E-state index contributed by atoms with van der Waals surface area (Å²) in [6.07, 6.45) is 4.84. The number of aryl methyl sites for hydroxylation is 2. The van der Waals surface area contributed by atoms with Crippen molar-refractivity contribution in [3.63, 3.8) is 0 Å². The molecule has 160 valence electrons. The smallest absolute Gasteiger partial charge is 0.263 e. The molecule has 5 heterocycles. The molecule has 31 heavy (non-hydrogen) atoms. The lowest BCUT2D eigenvalue weighted by molar-refractivity contribution is -0.0391. The Morgan fingerprint density at radius 2 is 1.94 bits per heavy atom. The van der Waals surface area contributed by atoms with E-state index in [0.717, 1.165) is 42.9 Å². The number of nitrogens with one attached hydrogen (secondary N) is 1. The van der Waals surface area contributed by atoms with E-state index in [0.29, 0.717) is 6.61 Å². The van der Waals surface area contributed by atoms with Crippen LogP contribution in [-0.4, -0.2) is 40.7 Å². The summed E-state index contributed by atoms with van der Waals surface area (Å²) in [6, 6.07) is 14.8. The first-order chi connectivity index (χ1) is 15.0. The molecule has 1 N–H and O–H groups in total. The number of piperidine rings is 1. The van der Waals surface area contributed by atoms with Gasteiger partial charge < -0.3 is 19.5 Å². The molecule has 3 aliphatic heterocycles. The third kappa shape index (κ3) is 2.88. The van der Waals surface area contributed by atoms with Crippen LogP contribution in [0.25, 0.3) is 5.69 Å². The summed E-state index contributed by atoms with van der Waals surface area (Å²) in [6.45, 7) is 6.32. The van der Waals surface area contributed by atoms with Crippen molar-refractivity contribution in [3.05, 3.63) is 69.7 Å². The maximum absolute atomic E-state index is 13.0. The van der Waals surface area contributed by atoms with E-state index < -0.39 is 0 Å². The quantitative estimate of drug-likeness (QED) is 0.595. The maximum Gasteiger partial charge on any atom is 0.263 e. The van der Waals surface area contributed by atoms with Crippen molar-refractivity contribution in [3.8, 4) is 5.69 Å². The second kappa shape index (κ2) is 6.71. The summed E-state index contributed by atoms with van der Waals surface area (Å²) in [7, 11) is 0. The summed E-state index contributed by atoms with van der Waals surface area (Å²) in [5.74, 6) is 0.169. The largest absolute Gasteiger partial charge is 0.372 e. The Bertz CT molecular complexity index is 1150. The number of carbonyl (C=O) groups is 1. The van der Waals surface area contributed by atoms with Gasteiger partial charge in [0.05, 0.1) is 34.2 Å². The molecule has 0 saturated carbocycles. The molecule has 3 aromatic rings. The SMILES string of the molecule is Cc1cc(C(=O)N2CCC3(CC2)C[C@]2(CO3)Nc3ccccc3-n3cccc32)sc1C. The van der Waals surface area contributed by atoms with Crippen LogP contribution in [0.2, 0.25) is 0 Å². The van der Waals surface area contributed by atoms with Crippen molar-refractivity contribution in [1.29, 1.82) is 0 Å². The number of anilines is 1. The van der Waals surface area contributed by atoms with E-state index >= 15 is 0 Å². The second-order valence-corrected chi connectivity index (χ2v) is 10.5. The van der Waals surface area contributed by atoms with E-state index in [2.05, 4.69) is 66.3 Å². The molecule has 1 aromatic carbocycles. The van der Waals surface area contributed by atoms with Crippen molar-refractivity contribution in [2.24, 2.45) is 0 Å². The minimum atomic E-state index is -0.216. The molecule has 2 aromatic heterocycles. The molecule has 6 rings (SSSR count). The number of likely N-dealkylation sites (tertiary alicyclic amines) is 1. The first-order valence-corrected chi connectivity index (χ1v) is 11.9. The number of thiophene rings is 1.